The van der Waals surface area contributed by atoms with E-state index in [0.717, 1.165) is 24.3 Å². The van der Waals surface area contributed by atoms with Gasteiger partial charge in [0.1, 0.15) is 13.2 Å². The van der Waals surface area contributed by atoms with Crippen LogP contribution >= 0.6 is 0 Å². The molecule has 0 aliphatic carbocycles. The molecule has 3 heterocycles. The third-order valence-electron chi connectivity index (χ3n) is 6.53. The molecule has 5 rings (SSSR count). The number of benzene rings is 2. The van der Waals surface area contributed by atoms with Crippen molar-refractivity contribution in [2.75, 3.05) is 49.7 Å². The van der Waals surface area contributed by atoms with Crippen LogP contribution < -0.4 is 19.3 Å². The van der Waals surface area contributed by atoms with Crippen LogP contribution in [0.5, 0.6) is 11.5 Å². The molecule has 0 aromatic heterocycles. The van der Waals surface area contributed by atoms with Gasteiger partial charge in [-0.15, -0.1) is 0 Å². The van der Waals surface area contributed by atoms with E-state index in [4.69, 9.17) is 9.47 Å². The summed E-state index contributed by atoms with van der Waals surface area (Å²) in [6.45, 7) is 4.08. The first-order valence-electron chi connectivity index (χ1n) is 11.4. The second-order valence-electron chi connectivity index (χ2n) is 8.75. The Labute approximate surface area is 188 Å². The minimum Gasteiger partial charge on any atom is -0.486 e. The van der Waals surface area contributed by atoms with E-state index < -0.39 is 0 Å². The molecule has 2 saturated heterocycles. The van der Waals surface area contributed by atoms with Gasteiger partial charge in [0.15, 0.2) is 11.5 Å². The van der Waals surface area contributed by atoms with Crippen LogP contribution in [0, 0.1) is 5.92 Å². The molecule has 32 heavy (non-hydrogen) atoms. The second-order valence-corrected chi connectivity index (χ2v) is 8.75. The molecule has 2 aromatic carbocycles. The zero-order valence-corrected chi connectivity index (χ0v) is 18.5. The lowest BCUT2D eigenvalue weighted by Crippen LogP contribution is -2.35. The molecule has 0 N–H and O–H groups in total. The number of hydrogen-bond donors (Lipinski definition) is 0. The van der Waals surface area contributed by atoms with Crippen LogP contribution in [0.4, 0.5) is 11.4 Å². The lowest BCUT2D eigenvalue weighted by Gasteiger charge is -2.26. The van der Waals surface area contributed by atoms with Crippen molar-refractivity contribution in [3.63, 3.8) is 0 Å². The van der Waals surface area contributed by atoms with E-state index in [0.29, 0.717) is 37.8 Å². The number of fused-ring (bicyclic) bond motifs is 1. The first-order valence-corrected chi connectivity index (χ1v) is 11.4. The average Bonchev–Trinajstić information content (AvgIpc) is 3.49. The van der Waals surface area contributed by atoms with Gasteiger partial charge >= 0.3 is 0 Å². The van der Waals surface area contributed by atoms with Gasteiger partial charge in [0.25, 0.3) is 0 Å². The molecule has 7 nitrogen and oxygen atoms in total. The van der Waals surface area contributed by atoms with Crippen molar-refractivity contribution < 1.29 is 19.1 Å². The van der Waals surface area contributed by atoms with E-state index in [-0.39, 0.29) is 24.2 Å². The lowest BCUT2D eigenvalue weighted by atomic mass is 10.1. The van der Waals surface area contributed by atoms with Gasteiger partial charge in [0.2, 0.25) is 11.8 Å². The standard InChI is InChI=1S/C25H29N3O4/c1-26(16-18-6-2-3-7-21(18)27-10-4-5-11-27)25(30)19-14-24(29)28(17-19)20-8-9-22-23(15-20)32-13-12-31-22/h2-3,6-9,15,19H,4-5,10-14,16-17H2,1H3. The highest BCUT2D eigenvalue weighted by Crippen LogP contribution is 2.36. The predicted molar refractivity (Wildman–Crippen MR) is 122 cm³/mol. The summed E-state index contributed by atoms with van der Waals surface area (Å²) in [5, 5.41) is 0. The molecule has 1 atom stereocenters. The van der Waals surface area contributed by atoms with Gasteiger partial charge in [-0.3, -0.25) is 9.59 Å². The van der Waals surface area contributed by atoms with Crippen LogP contribution in [0.2, 0.25) is 0 Å². The summed E-state index contributed by atoms with van der Waals surface area (Å²) in [4.78, 5) is 31.8. The van der Waals surface area contributed by atoms with Crippen LogP contribution in [0.3, 0.4) is 0 Å². The molecule has 0 radical (unpaired) electrons. The molecule has 2 fully saturated rings. The summed E-state index contributed by atoms with van der Waals surface area (Å²) in [5.41, 5.74) is 3.11. The van der Waals surface area contributed by atoms with Crippen LogP contribution in [0.1, 0.15) is 24.8 Å². The monoisotopic (exact) mass is 435 g/mol. The molecule has 7 heteroatoms. The summed E-state index contributed by atoms with van der Waals surface area (Å²) in [6.07, 6.45) is 2.65. The number of carbonyl (C=O) groups is 2. The normalized spacial score (nSPS) is 20.0. The Morgan fingerprint density at radius 2 is 1.81 bits per heavy atom. The number of ether oxygens (including phenoxy) is 2. The Hall–Kier alpha value is -3.22. The Morgan fingerprint density at radius 3 is 2.62 bits per heavy atom. The summed E-state index contributed by atoms with van der Waals surface area (Å²) in [5.74, 6) is 0.961. The molecule has 2 amide bonds. The maximum Gasteiger partial charge on any atom is 0.228 e. The third kappa shape index (κ3) is 3.99. The SMILES string of the molecule is CN(Cc1ccccc1N1CCCC1)C(=O)C1CC(=O)N(c2ccc3c(c2)OCCO3)C1. The highest BCUT2D eigenvalue weighted by molar-refractivity contribution is 6.00. The van der Waals surface area contributed by atoms with Gasteiger partial charge in [-0.25, -0.2) is 0 Å². The predicted octanol–water partition coefficient (Wildman–Crippen LogP) is 3.07. The molecule has 0 spiro atoms. The van der Waals surface area contributed by atoms with E-state index in [1.54, 1.807) is 9.80 Å². The zero-order valence-electron chi connectivity index (χ0n) is 18.5. The fraction of sp³-hybridized carbons (Fsp3) is 0.440. The Bertz CT molecular complexity index is 1020. The van der Waals surface area contributed by atoms with Gasteiger partial charge < -0.3 is 24.2 Å². The number of anilines is 2. The first kappa shape index (κ1) is 20.7. The molecule has 2 aromatic rings. The van der Waals surface area contributed by atoms with E-state index in [2.05, 4.69) is 23.1 Å². The van der Waals surface area contributed by atoms with Crippen LogP contribution in [0.15, 0.2) is 42.5 Å². The van der Waals surface area contributed by atoms with Crippen LogP contribution in [-0.2, 0) is 16.1 Å². The Balaban J connectivity index is 1.27. The molecular weight excluding hydrogens is 406 g/mol. The van der Waals surface area contributed by atoms with Crippen molar-refractivity contribution in [3.8, 4) is 11.5 Å². The number of nitrogens with zero attached hydrogens (tertiary/aromatic N) is 3. The largest absolute Gasteiger partial charge is 0.486 e. The van der Waals surface area contributed by atoms with Crippen molar-refractivity contribution in [3.05, 3.63) is 48.0 Å². The van der Waals surface area contributed by atoms with Crippen molar-refractivity contribution >= 4 is 23.2 Å². The maximum absolute atomic E-state index is 13.2. The minimum absolute atomic E-state index is 0.00891. The van der Waals surface area contributed by atoms with E-state index >= 15 is 0 Å². The quantitative estimate of drug-likeness (QED) is 0.722. The lowest BCUT2D eigenvalue weighted by molar-refractivity contribution is -0.135. The first-order chi connectivity index (χ1) is 15.6. The Kier molecular flexibility index (Phi) is 5.64. The number of amides is 2. The molecule has 0 bridgehead atoms. The highest BCUT2D eigenvalue weighted by Gasteiger charge is 2.37. The number of hydrogen-bond acceptors (Lipinski definition) is 5. The van der Waals surface area contributed by atoms with E-state index in [1.165, 1.54) is 18.5 Å². The van der Waals surface area contributed by atoms with Crippen LogP contribution in [-0.4, -0.2) is 56.6 Å². The topological polar surface area (TPSA) is 62.3 Å². The van der Waals surface area contributed by atoms with Gasteiger partial charge in [0.05, 0.1) is 5.92 Å². The minimum atomic E-state index is -0.348. The highest BCUT2D eigenvalue weighted by atomic mass is 16.6. The van der Waals surface area contributed by atoms with Gasteiger partial charge in [-0.2, -0.15) is 0 Å². The van der Waals surface area contributed by atoms with Crippen molar-refractivity contribution in [2.24, 2.45) is 5.92 Å². The summed E-state index contributed by atoms with van der Waals surface area (Å²) in [6, 6.07) is 13.8. The smallest absolute Gasteiger partial charge is 0.228 e. The zero-order chi connectivity index (χ0) is 22.1. The average molecular weight is 436 g/mol. The number of carbonyl (C=O) groups excluding carboxylic acids is 2. The van der Waals surface area contributed by atoms with E-state index in [1.807, 2.05) is 31.3 Å². The molecule has 3 aliphatic rings. The van der Waals surface area contributed by atoms with E-state index in [9.17, 15) is 9.59 Å². The molecule has 3 aliphatic heterocycles. The summed E-state index contributed by atoms with van der Waals surface area (Å²) in [7, 11) is 1.83. The molecule has 168 valence electrons. The van der Waals surface area contributed by atoms with Crippen molar-refractivity contribution in [1.82, 2.24) is 4.90 Å². The van der Waals surface area contributed by atoms with Gasteiger partial charge in [0, 0.05) is 57.1 Å². The number of para-hydroxylation sites is 1. The molecular formula is C25H29N3O4. The second kappa shape index (κ2) is 8.73. The Morgan fingerprint density at radius 1 is 1.06 bits per heavy atom. The molecule has 1 unspecified atom stereocenters. The molecule has 0 saturated carbocycles. The van der Waals surface area contributed by atoms with Crippen molar-refractivity contribution in [2.45, 2.75) is 25.8 Å². The van der Waals surface area contributed by atoms with Gasteiger partial charge in [-0.05, 0) is 36.6 Å². The third-order valence-corrected chi connectivity index (χ3v) is 6.53. The fourth-order valence-corrected chi connectivity index (χ4v) is 4.88. The van der Waals surface area contributed by atoms with Gasteiger partial charge in [-0.1, -0.05) is 18.2 Å². The maximum atomic E-state index is 13.2. The summed E-state index contributed by atoms with van der Waals surface area (Å²) >= 11 is 0. The van der Waals surface area contributed by atoms with Crippen LogP contribution in [0.25, 0.3) is 0 Å². The number of rotatable bonds is 5. The summed E-state index contributed by atoms with van der Waals surface area (Å²) < 4.78 is 11.2. The fourth-order valence-electron chi connectivity index (χ4n) is 4.88. The van der Waals surface area contributed by atoms with Crippen molar-refractivity contribution in [1.29, 1.82) is 0 Å².